The van der Waals surface area contributed by atoms with Crippen LogP contribution >= 0.6 is 0 Å². The molecule has 0 atom stereocenters. The lowest BCUT2D eigenvalue weighted by Crippen LogP contribution is -2.56. The van der Waals surface area contributed by atoms with Gasteiger partial charge in [-0.05, 0) is 24.6 Å². The maximum absolute atomic E-state index is 13.7. The first-order valence-corrected chi connectivity index (χ1v) is 5.30. The number of halogens is 2. The average molecular weight is 227 g/mol. The van der Waals surface area contributed by atoms with Crippen molar-refractivity contribution in [1.29, 1.82) is 0 Å². The number of nitrogens with zero attached hydrogens (tertiary/aromatic N) is 1. The van der Waals surface area contributed by atoms with Crippen molar-refractivity contribution >= 4 is 5.69 Å². The van der Waals surface area contributed by atoms with Crippen LogP contribution in [0.2, 0.25) is 0 Å². The molecule has 5 heteroatoms. The Kier molecular flexibility index (Phi) is 3.07. The van der Waals surface area contributed by atoms with Crippen LogP contribution < -0.4 is 16.4 Å². The summed E-state index contributed by atoms with van der Waals surface area (Å²) in [6, 6.07) is 2.51. The summed E-state index contributed by atoms with van der Waals surface area (Å²) in [5.41, 5.74) is 11.5. The van der Waals surface area contributed by atoms with Crippen LogP contribution in [-0.4, -0.2) is 25.7 Å². The van der Waals surface area contributed by atoms with E-state index in [1.54, 1.807) is 4.90 Å². The summed E-state index contributed by atoms with van der Waals surface area (Å²) in [5.74, 6) is -0.806. The van der Waals surface area contributed by atoms with Crippen LogP contribution in [0.1, 0.15) is 5.56 Å². The van der Waals surface area contributed by atoms with Gasteiger partial charge in [-0.15, -0.1) is 0 Å². The second-order valence-corrected chi connectivity index (χ2v) is 4.10. The Bertz CT molecular complexity index is 389. The van der Waals surface area contributed by atoms with Crippen molar-refractivity contribution < 1.29 is 8.78 Å². The zero-order valence-electron chi connectivity index (χ0n) is 8.92. The predicted molar refractivity (Wildman–Crippen MR) is 59.3 cm³/mol. The minimum absolute atomic E-state index is 0.0613. The molecule has 1 fully saturated rings. The fourth-order valence-electron chi connectivity index (χ4n) is 1.88. The van der Waals surface area contributed by atoms with E-state index in [0.717, 1.165) is 0 Å². The van der Waals surface area contributed by atoms with Crippen molar-refractivity contribution in [3.05, 3.63) is 29.3 Å². The summed E-state index contributed by atoms with van der Waals surface area (Å²) in [6.07, 6.45) is 0.350. The third kappa shape index (κ3) is 2.01. The molecule has 88 valence electrons. The van der Waals surface area contributed by atoms with E-state index in [1.807, 2.05) is 0 Å². The Balaban J connectivity index is 2.24. The van der Waals surface area contributed by atoms with E-state index in [4.69, 9.17) is 11.5 Å². The summed E-state index contributed by atoms with van der Waals surface area (Å²) < 4.78 is 27.2. The largest absolute Gasteiger partial charge is 0.366 e. The number of benzene rings is 1. The Morgan fingerprint density at radius 3 is 2.50 bits per heavy atom. The van der Waals surface area contributed by atoms with Gasteiger partial charge >= 0.3 is 0 Å². The fraction of sp³-hybridized carbons (Fsp3) is 0.455. The van der Waals surface area contributed by atoms with Crippen LogP contribution in [0.5, 0.6) is 0 Å². The lowest BCUT2D eigenvalue weighted by Gasteiger charge is -2.39. The molecule has 0 aliphatic carbocycles. The van der Waals surface area contributed by atoms with Crippen LogP contribution in [0.3, 0.4) is 0 Å². The van der Waals surface area contributed by atoms with Gasteiger partial charge in [0.2, 0.25) is 0 Å². The lowest BCUT2D eigenvalue weighted by atomic mass is 10.1. The first kappa shape index (κ1) is 11.3. The Morgan fingerprint density at radius 2 is 1.94 bits per heavy atom. The SMILES string of the molecule is NCCc1cc(F)c(N2CC(N)C2)cc1F. The van der Waals surface area contributed by atoms with Crippen LogP contribution in [-0.2, 0) is 6.42 Å². The van der Waals surface area contributed by atoms with E-state index < -0.39 is 11.6 Å². The molecule has 1 saturated heterocycles. The van der Waals surface area contributed by atoms with Crippen molar-refractivity contribution in [2.45, 2.75) is 12.5 Å². The van der Waals surface area contributed by atoms with E-state index in [1.165, 1.54) is 12.1 Å². The highest BCUT2D eigenvalue weighted by Crippen LogP contribution is 2.26. The van der Waals surface area contributed by atoms with E-state index >= 15 is 0 Å². The topological polar surface area (TPSA) is 55.3 Å². The smallest absolute Gasteiger partial charge is 0.146 e. The van der Waals surface area contributed by atoms with Crippen LogP contribution in [0.4, 0.5) is 14.5 Å². The standard InChI is InChI=1S/C11H15F2N3/c12-9-4-11(16-5-8(15)6-16)10(13)3-7(9)1-2-14/h3-4,8H,1-2,5-6,14-15H2. The minimum Gasteiger partial charge on any atom is -0.366 e. The number of nitrogens with two attached hydrogens (primary N) is 2. The summed E-state index contributed by atoms with van der Waals surface area (Å²) >= 11 is 0. The first-order chi connectivity index (χ1) is 7.61. The summed E-state index contributed by atoms with van der Waals surface area (Å²) in [5, 5.41) is 0. The minimum atomic E-state index is -0.406. The van der Waals surface area contributed by atoms with Gasteiger partial charge in [0.25, 0.3) is 0 Å². The third-order valence-electron chi connectivity index (χ3n) is 2.78. The fourth-order valence-corrected chi connectivity index (χ4v) is 1.88. The van der Waals surface area contributed by atoms with Crippen LogP contribution in [0, 0.1) is 11.6 Å². The zero-order valence-corrected chi connectivity index (χ0v) is 8.92. The highest BCUT2D eigenvalue weighted by Gasteiger charge is 2.26. The Hall–Kier alpha value is -1.20. The molecule has 0 aromatic heterocycles. The second kappa shape index (κ2) is 4.35. The molecule has 3 nitrogen and oxygen atoms in total. The number of hydrogen-bond acceptors (Lipinski definition) is 3. The predicted octanol–water partition coefficient (Wildman–Crippen LogP) is 0.613. The summed E-state index contributed by atoms with van der Waals surface area (Å²) in [7, 11) is 0. The van der Waals surface area contributed by atoms with Gasteiger partial charge in [0.05, 0.1) is 5.69 Å². The zero-order chi connectivity index (χ0) is 11.7. The molecule has 0 saturated carbocycles. The molecule has 0 spiro atoms. The van der Waals surface area contributed by atoms with Crippen molar-refractivity contribution in [2.24, 2.45) is 11.5 Å². The van der Waals surface area contributed by atoms with Crippen molar-refractivity contribution in [3.63, 3.8) is 0 Å². The molecule has 16 heavy (non-hydrogen) atoms. The average Bonchev–Trinajstić information content (AvgIpc) is 2.19. The van der Waals surface area contributed by atoms with E-state index in [0.29, 0.717) is 37.3 Å². The highest BCUT2D eigenvalue weighted by molar-refractivity contribution is 5.52. The van der Waals surface area contributed by atoms with E-state index in [2.05, 4.69) is 0 Å². The maximum atomic E-state index is 13.7. The van der Waals surface area contributed by atoms with Crippen molar-refractivity contribution in [3.8, 4) is 0 Å². The van der Waals surface area contributed by atoms with E-state index in [9.17, 15) is 8.78 Å². The van der Waals surface area contributed by atoms with Crippen molar-refractivity contribution in [2.75, 3.05) is 24.5 Å². The quantitative estimate of drug-likeness (QED) is 0.795. The van der Waals surface area contributed by atoms with Gasteiger partial charge in [0.1, 0.15) is 11.6 Å². The molecular weight excluding hydrogens is 212 g/mol. The molecule has 0 unspecified atom stereocenters. The molecule has 1 aromatic carbocycles. The van der Waals surface area contributed by atoms with Gasteiger partial charge in [-0.25, -0.2) is 8.78 Å². The van der Waals surface area contributed by atoms with Gasteiger partial charge in [-0.3, -0.25) is 0 Å². The number of hydrogen-bond donors (Lipinski definition) is 2. The van der Waals surface area contributed by atoms with Crippen molar-refractivity contribution in [1.82, 2.24) is 0 Å². The van der Waals surface area contributed by atoms with Gasteiger partial charge in [0.15, 0.2) is 0 Å². The molecule has 1 aliphatic heterocycles. The molecule has 0 bridgehead atoms. The number of rotatable bonds is 3. The molecule has 0 radical (unpaired) electrons. The molecule has 1 heterocycles. The molecule has 4 N–H and O–H groups in total. The van der Waals surface area contributed by atoms with Crippen LogP contribution in [0.15, 0.2) is 12.1 Å². The monoisotopic (exact) mass is 227 g/mol. The maximum Gasteiger partial charge on any atom is 0.146 e. The Morgan fingerprint density at radius 1 is 1.25 bits per heavy atom. The third-order valence-corrected chi connectivity index (χ3v) is 2.78. The summed E-state index contributed by atoms with van der Waals surface area (Å²) in [6.45, 7) is 1.46. The summed E-state index contributed by atoms with van der Waals surface area (Å²) in [4.78, 5) is 1.73. The van der Waals surface area contributed by atoms with Crippen LogP contribution in [0.25, 0.3) is 0 Å². The molecule has 2 rings (SSSR count). The molecule has 0 amide bonds. The second-order valence-electron chi connectivity index (χ2n) is 4.10. The normalized spacial score (nSPS) is 16.4. The molecule has 1 aromatic rings. The van der Waals surface area contributed by atoms with Gasteiger partial charge in [0, 0.05) is 25.2 Å². The van der Waals surface area contributed by atoms with Gasteiger partial charge < -0.3 is 16.4 Å². The molecular formula is C11H15F2N3. The van der Waals surface area contributed by atoms with Gasteiger partial charge in [-0.2, -0.15) is 0 Å². The first-order valence-electron chi connectivity index (χ1n) is 5.30. The van der Waals surface area contributed by atoms with Gasteiger partial charge in [-0.1, -0.05) is 0 Å². The number of anilines is 1. The molecule has 1 aliphatic rings. The van der Waals surface area contributed by atoms with E-state index in [-0.39, 0.29) is 6.04 Å². The Labute approximate surface area is 93.0 Å². The lowest BCUT2D eigenvalue weighted by molar-refractivity contribution is 0.500. The highest BCUT2D eigenvalue weighted by atomic mass is 19.1.